The van der Waals surface area contributed by atoms with Gasteiger partial charge in [0.2, 0.25) is 0 Å². The minimum Gasteiger partial charge on any atom is -0.458 e. The zero-order valence-corrected chi connectivity index (χ0v) is 12.0. The van der Waals surface area contributed by atoms with E-state index < -0.39 is 36.5 Å². The van der Waals surface area contributed by atoms with Crippen molar-refractivity contribution in [1.82, 2.24) is 0 Å². The Balaban J connectivity index is 2.74. The number of hydrogen-bond donors (Lipinski definition) is 0. The molecule has 1 fully saturated rings. The van der Waals surface area contributed by atoms with Crippen LogP contribution in [0.25, 0.3) is 0 Å². The van der Waals surface area contributed by atoms with E-state index in [1.165, 1.54) is 13.8 Å². The van der Waals surface area contributed by atoms with Gasteiger partial charge >= 0.3 is 11.9 Å². The summed E-state index contributed by atoms with van der Waals surface area (Å²) in [4.78, 5) is 22.2. The molecule has 1 aliphatic heterocycles. The predicted octanol–water partition coefficient (Wildman–Crippen LogP) is 1.41. The van der Waals surface area contributed by atoms with Crippen LogP contribution < -0.4 is 0 Å². The lowest BCUT2D eigenvalue weighted by atomic mass is 10.0. The molecule has 0 aromatic heterocycles. The first-order chi connectivity index (χ1) is 8.79. The smallest absolute Gasteiger partial charge is 0.303 e. The Morgan fingerprint density at radius 2 is 1.74 bits per heavy atom. The van der Waals surface area contributed by atoms with Crippen LogP contribution in [0, 0.1) is 0 Å². The summed E-state index contributed by atoms with van der Waals surface area (Å²) in [6.07, 6.45) is -1.67. The lowest BCUT2D eigenvalue weighted by Crippen LogP contribution is -2.51. The highest BCUT2D eigenvalue weighted by atomic mass is 16.7. The van der Waals surface area contributed by atoms with Crippen molar-refractivity contribution in [3.63, 3.8) is 0 Å². The highest BCUT2D eigenvalue weighted by Crippen LogP contribution is 2.26. The van der Waals surface area contributed by atoms with E-state index in [1.54, 1.807) is 6.92 Å². The molecule has 0 saturated carbocycles. The van der Waals surface area contributed by atoms with Gasteiger partial charge in [0, 0.05) is 20.3 Å². The lowest BCUT2D eigenvalue weighted by molar-refractivity contribution is -0.263. The van der Waals surface area contributed by atoms with E-state index >= 15 is 0 Å². The second-order valence-electron chi connectivity index (χ2n) is 4.91. The minimum atomic E-state index is -0.603. The second kappa shape index (κ2) is 6.86. The molecule has 19 heavy (non-hydrogen) atoms. The van der Waals surface area contributed by atoms with Crippen molar-refractivity contribution in [2.45, 2.75) is 71.7 Å². The maximum Gasteiger partial charge on any atom is 0.303 e. The number of carbonyl (C=O) groups excluding carboxylic acids is 2. The molecule has 0 amide bonds. The van der Waals surface area contributed by atoms with Gasteiger partial charge in [-0.2, -0.15) is 0 Å². The van der Waals surface area contributed by atoms with Crippen LogP contribution in [0.4, 0.5) is 0 Å². The molecule has 1 heterocycles. The van der Waals surface area contributed by atoms with E-state index in [1.807, 2.05) is 13.8 Å². The van der Waals surface area contributed by atoms with Crippen LogP contribution in [0.3, 0.4) is 0 Å². The van der Waals surface area contributed by atoms with E-state index in [0.717, 1.165) is 0 Å². The Labute approximate surface area is 113 Å². The van der Waals surface area contributed by atoms with Gasteiger partial charge in [-0.05, 0) is 20.8 Å². The largest absolute Gasteiger partial charge is 0.458 e. The Hall–Kier alpha value is -1.14. The maximum atomic E-state index is 11.1. The third-order valence-electron chi connectivity index (χ3n) is 2.66. The van der Waals surface area contributed by atoms with Crippen LogP contribution >= 0.6 is 0 Å². The Kier molecular flexibility index (Phi) is 5.75. The van der Waals surface area contributed by atoms with Gasteiger partial charge in [0.05, 0.1) is 12.2 Å². The summed E-state index contributed by atoms with van der Waals surface area (Å²) in [5.74, 6) is -0.847. The third kappa shape index (κ3) is 5.16. The molecule has 0 aromatic carbocycles. The number of rotatable bonds is 4. The summed E-state index contributed by atoms with van der Waals surface area (Å²) in [6, 6.07) is 0. The van der Waals surface area contributed by atoms with Crippen LogP contribution in [0.2, 0.25) is 0 Å². The van der Waals surface area contributed by atoms with Crippen molar-refractivity contribution in [2.24, 2.45) is 0 Å². The highest BCUT2D eigenvalue weighted by molar-refractivity contribution is 5.67. The molecule has 4 atom stereocenters. The SMILES string of the molecule is CC(=O)O[C@H]1[C@H](C)O[C@H](OC(C)C)C[C@@H]1OC(C)=O. The molecule has 1 rings (SSSR count). The Morgan fingerprint density at radius 3 is 2.21 bits per heavy atom. The zero-order valence-electron chi connectivity index (χ0n) is 12.0. The Morgan fingerprint density at radius 1 is 1.16 bits per heavy atom. The van der Waals surface area contributed by atoms with Crippen LogP contribution in [0.5, 0.6) is 0 Å². The molecule has 1 aliphatic rings. The summed E-state index contributed by atoms with van der Waals surface area (Å²) in [7, 11) is 0. The fourth-order valence-corrected chi connectivity index (χ4v) is 2.08. The molecule has 0 aromatic rings. The molecule has 0 spiro atoms. The summed E-state index contributed by atoms with van der Waals surface area (Å²) in [5, 5.41) is 0. The van der Waals surface area contributed by atoms with Crippen molar-refractivity contribution < 1.29 is 28.5 Å². The summed E-state index contributed by atoms with van der Waals surface area (Å²) in [6.45, 7) is 8.19. The molecule has 0 bridgehead atoms. The molecule has 110 valence electrons. The van der Waals surface area contributed by atoms with Crippen molar-refractivity contribution in [3.8, 4) is 0 Å². The van der Waals surface area contributed by atoms with Crippen LogP contribution in [0.1, 0.15) is 41.0 Å². The van der Waals surface area contributed by atoms with E-state index in [4.69, 9.17) is 18.9 Å². The first kappa shape index (κ1) is 15.9. The molecule has 6 heteroatoms. The van der Waals surface area contributed by atoms with Crippen molar-refractivity contribution in [2.75, 3.05) is 0 Å². The predicted molar refractivity (Wildman–Crippen MR) is 66.3 cm³/mol. The molecule has 1 saturated heterocycles. The number of ether oxygens (including phenoxy) is 4. The van der Waals surface area contributed by atoms with Crippen molar-refractivity contribution in [3.05, 3.63) is 0 Å². The number of esters is 2. The van der Waals surface area contributed by atoms with Gasteiger partial charge in [-0.3, -0.25) is 9.59 Å². The number of carbonyl (C=O) groups is 2. The average Bonchev–Trinajstić information content (AvgIpc) is 2.21. The third-order valence-corrected chi connectivity index (χ3v) is 2.66. The van der Waals surface area contributed by atoms with Gasteiger partial charge in [-0.15, -0.1) is 0 Å². The monoisotopic (exact) mass is 274 g/mol. The molecule has 0 N–H and O–H groups in total. The van der Waals surface area contributed by atoms with Crippen molar-refractivity contribution >= 4 is 11.9 Å². The Bertz CT molecular complexity index is 327. The van der Waals surface area contributed by atoms with Crippen LogP contribution in [0.15, 0.2) is 0 Å². The van der Waals surface area contributed by atoms with E-state index in [9.17, 15) is 9.59 Å². The molecular weight excluding hydrogens is 252 g/mol. The summed E-state index contributed by atoms with van der Waals surface area (Å²) >= 11 is 0. The lowest BCUT2D eigenvalue weighted by Gasteiger charge is -2.39. The van der Waals surface area contributed by atoms with E-state index in [2.05, 4.69) is 0 Å². The normalized spacial score (nSPS) is 31.1. The van der Waals surface area contributed by atoms with Gasteiger partial charge in [0.25, 0.3) is 0 Å². The summed E-state index contributed by atoms with van der Waals surface area (Å²) in [5.41, 5.74) is 0. The van der Waals surface area contributed by atoms with Gasteiger partial charge in [-0.1, -0.05) is 0 Å². The van der Waals surface area contributed by atoms with E-state index in [-0.39, 0.29) is 6.10 Å². The summed E-state index contributed by atoms with van der Waals surface area (Å²) < 4.78 is 21.6. The van der Waals surface area contributed by atoms with Crippen molar-refractivity contribution in [1.29, 1.82) is 0 Å². The molecular formula is C13H22O6. The zero-order chi connectivity index (χ0) is 14.6. The molecule has 6 nitrogen and oxygen atoms in total. The minimum absolute atomic E-state index is 0.000420. The standard InChI is InChI=1S/C13H22O6/c1-7(2)16-12-6-11(18-9(4)14)13(8(3)17-12)19-10(5)15/h7-8,11-13H,6H2,1-5H3/t8-,11-,12-,13-/m0/s1. The van der Waals surface area contributed by atoms with Gasteiger partial charge < -0.3 is 18.9 Å². The van der Waals surface area contributed by atoms with Gasteiger partial charge in [0.15, 0.2) is 12.4 Å². The van der Waals surface area contributed by atoms with Crippen LogP contribution in [-0.2, 0) is 28.5 Å². The van der Waals surface area contributed by atoms with E-state index in [0.29, 0.717) is 6.42 Å². The van der Waals surface area contributed by atoms with Crippen LogP contribution in [-0.4, -0.2) is 42.6 Å². The molecule has 0 aliphatic carbocycles. The number of hydrogen-bond acceptors (Lipinski definition) is 6. The fourth-order valence-electron chi connectivity index (χ4n) is 2.08. The fraction of sp³-hybridized carbons (Fsp3) is 0.846. The van der Waals surface area contributed by atoms with Gasteiger partial charge in [-0.25, -0.2) is 0 Å². The second-order valence-corrected chi connectivity index (χ2v) is 4.91. The van der Waals surface area contributed by atoms with Gasteiger partial charge in [0.1, 0.15) is 6.10 Å². The molecule has 0 radical (unpaired) electrons. The quantitative estimate of drug-likeness (QED) is 0.722. The topological polar surface area (TPSA) is 71.1 Å². The maximum absolute atomic E-state index is 11.1. The first-order valence-electron chi connectivity index (χ1n) is 6.45. The first-order valence-corrected chi connectivity index (χ1v) is 6.45. The highest BCUT2D eigenvalue weighted by Gasteiger charge is 2.41. The molecule has 0 unspecified atom stereocenters. The average molecular weight is 274 g/mol.